The van der Waals surface area contributed by atoms with Gasteiger partial charge in [-0.05, 0) is 63.9 Å². The topological polar surface area (TPSA) is 91.5 Å². The molecule has 0 spiro atoms. The van der Waals surface area contributed by atoms with Gasteiger partial charge < -0.3 is 18.9 Å². The zero-order valence-electron chi connectivity index (χ0n) is 21.9. The average Bonchev–Trinajstić information content (AvgIpc) is 3.00. The predicted molar refractivity (Wildman–Crippen MR) is 140 cm³/mol. The van der Waals surface area contributed by atoms with Gasteiger partial charge in [0.25, 0.3) is 5.56 Å². The van der Waals surface area contributed by atoms with Gasteiger partial charge in [0.2, 0.25) is 0 Å². The maximum Gasteiger partial charge on any atom is 0.410 e. The Morgan fingerprint density at radius 1 is 1.16 bits per heavy atom. The fraction of sp³-hybridized carbons (Fsp3) is 0.357. The van der Waals surface area contributed by atoms with Gasteiger partial charge in [0.15, 0.2) is 0 Å². The molecule has 4 aromatic heterocycles. The highest BCUT2D eigenvalue weighted by atomic mass is 19.1. The molecule has 0 atom stereocenters. The van der Waals surface area contributed by atoms with Gasteiger partial charge in [0, 0.05) is 42.5 Å². The first kappa shape index (κ1) is 25.4. The first-order valence-electron chi connectivity index (χ1n) is 12.5. The third-order valence-electron chi connectivity index (χ3n) is 6.41. The van der Waals surface area contributed by atoms with Crippen LogP contribution in [0.25, 0.3) is 16.9 Å². The lowest BCUT2D eigenvalue weighted by molar-refractivity contribution is 0.0237. The molecule has 1 aliphatic heterocycles. The number of ether oxygens (including phenoxy) is 2. The van der Waals surface area contributed by atoms with Crippen LogP contribution in [-0.4, -0.2) is 42.2 Å². The fourth-order valence-corrected chi connectivity index (χ4v) is 4.62. The number of pyridine rings is 3. The average molecular weight is 520 g/mol. The smallest absolute Gasteiger partial charge is 0.410 e. The molecule has 0 radical (unpaired) electrons. The van der Waals surface area contributed by atoms with E-state index in [4.69, 9.17) is 14.5 Å². The summed E-state index contributed by atoms with van der Waals surface area (Å²) in [7, 11) is 1.96. The number of fused-ring (bicyclic) bond motifs is 3. The Bertz CT molecular complexity index is 1550. The lowest BCUT2D eigenvalue weighted by Crippen LogP contribution is -2.36. The molecule has 5 rings (SSSR count). The van der Waals surface area contributed by atoms with E-state index in [0.717, 1.165) is 41.3 Å². The van der Waals surface area contributed by atoms with Crippen molar-refractivity contribution in [3.05, 3.63) is 81.9 Å². The summed E-state index contributed by atoms with van der Waals surface area (Å²) in [5, 5.41) is 0.946. The number of nitrogens with zero attached hydrogens (tertiary/aromatic N) is 5. The number of aromatic nitrogens is 4. The molecular weight excluding hydrogens is 489 g/mol. The number of carbonyl (C=O) groups is 1. The van der Waals surface area contributed by atoms with Crippen molar-refractivity contribution in [3.63, 3.8) is 0 Å². The van der Waals surface area contributed by atoms with Crippen LogP contribution in [0.4, 0.5) is 9.18 Å². The second-order valence-electron chi connectivity index (χ2n) is 10.4. The van der Waals surface area contributed by atoms with Crippen LogP contribution in [0.15, 0.2) is 53.6 Å². The van der Waals surface area contributed by atoms with Crippen LogP contribution in [0.2, 0.25) is 0 Å². The molecule has 0 bridgehead atoms. The molecular formula is C28H30FN5O4. The number of carbonyl (C=O) groups excluding carboxylic acids is 1. The molecule has 4 aromatic rings. The Kier molecular flexibility index (Phi) is 6.64. The van der Waals surface area contributed by atoms with Crippen molar-refractivity contribution in [3.8, 4) is 11.6 Å². The number of rotatable bonds is 4. The Morgan fingerprint density at radius 3 is 2.68 bits per heavy atom. The first-order valence-corrected chi connectivity index (χ1v) is 12.5. The highest BCUT2D eigenvalue weighted by Gasteiger charge is 2.28. The van der Waals surface area contributed by atoms with E-state index < -0.39 is 11.4 Å². The third kappa shape index (κ3) is 5.25. The molecule has 38 heavy (non-hydrogen) atoms. The van der Waals surface area contributed by atoms with Crippen LogP contribution in [-0.2, 0) is 31.4 Å². The van der Waals surface area contributed by atoms with Gasteiger partial charge >= 0.3 is 6.09 Å². The quantitative estimate of drug-likeness (QED) is 0.394. The van der Waals surface area contributed by atoms with E-state index in [2.05, 4.69) is 4.98 Å². The van der Waals surface area contributed by atoms with Crippen molar-refractivity contribution in [1.82, 2.24) is 24.0 Å². The number of halogens is 1. The standard InChI is InChI=1S/C28H30FN5O4/c1-28(2,3)38-27(36)33-12-5-6-23-22(16-33)21-9-10-24(31-26(21)32(23)4)34-13-11-20(14-25(34)35)37-17-19-8-7-18(29)15-30-19/h7-11,13-15H,5-6,12,16-17H2,1-4H3. The molecule has 0 aromatic carbocycles. The number of hydrogen-bond donors (Lipinski definition) is 0. The number of aryl methyl sites for hydroxylation is 1. The Hall–Kier alpha value is -4.21. The minimum Gasteiger partial charge on any atom is -0.487 e. The second-order valence-corrected chi connectivity index (χ2v) is 10.4. The van der Waals surface area contributed by atoms with Crippen LogP contribution >= 0.6 is 0 Å². The van der Waals surface area contributed by atoms with Gasteiger partial charge in [0.1, 0.15) is 35.2 Å². The first-order chi connectivity index (χ1) is 18.1. The maximum atomic E-state index is 13.0. The number of amides is 1. The molecule has 0 saturated heterocycles. The Labute approximate surface area is 219 Å². The van der Waals surface area contributed by atoms with E-state index in [0.29, 0.717) is 30.4 Å². The summed E-state index contributed by atoms with van der Waals surface area (Å²) >= 11 is 0. The van der Waals surface area contributed by atoms with Crippen molar-refractivity contribution in [2.75, 3.05) is 6.54 Å². The van der Waals surface area contributed by atoms with Gasteiger partial charge in [-0.1, -0.05) is 0 Å². The minimum absolute atomic E-state index is 0.114. The molecule has 10 heteroatoms. The van der Waals surface area contributed by atoms with Crippen LogP contribution in [0, 0.1) is 5.82 Å². The molecule has 0 N–H and O–H groups in total. The SMILES string of the molecule is Cn1c2c(c3ccc(-n4ccc(OCc5ccc(F)cn5)cc4=O)nc31)CN(C(=O)OC(C)(C)C)CCC2. The normalized spacial score (nSPS) is 13.8. The summed E-state index contributed by atoms with van der Waals surface area (Å²) < 4.78 is 27.8. The van der Waals surface area contributed by atoms with Gasteiger partial charge in [-0.2, -0.15) is 0 Å². The van der Waals surface area contributed by atoms with E-state index in [-0.39, 0.29) is 18.3 Å². The summed E-state index contributed by atoms with van der Waals surface area (Å²) in [4.78, 5) is 36.2. The van der Waals surface area contributed by atoms with Gasteiger partial charge in [-0.3, -0.25) is 14.3 Å². The summed E-state index contributed by atoms with van der Waals surface area (Å²) in [6, 6.07) is 9.65. The monoisotopic (exact) mass is 519 g/mol. The van der Waals surface area contributed by atoms with Crippen molar-refractivity contribution in [2.45, 2.75) is 52.4 Å². The van der Waals surface area contributed by atoms with E-state index in [1.165, 1.54) is 22.8 Å². The Morgan fingerprint density at radius 2 is 1.97 bits per heavy atom. The zero-order chi connectivity index (χ0) is 27.0. The van der Waals surface area contributed by atoms with E-state index in [1.807, 2.05) is 38.5 Å². The van der Waals surface area contributed by atoms with Crippen LogP contribution < -0.4 is 10.3 Å². The third-order valence-corrected chi connectivity index (χ3v) is 6.41. The fourth-order valence-electron chi connectivity index (χ4n) is 4.62. The van der Waals surface area contributed by atoms with Crippen LogP contribution in [0.1, 0.15) is 44.1 Å². The van der Waals surface area contributed by atoms with Gasteiger partial charge in [-0.15, -0.1) is 0 Å². The largest absolute Gasteiger partial charge is 0.487 e. The van der Waals surface area contributed by atoms with Crippen molar-refractivity contribution < 1.29 is 18.7 Å². The van der Waals surface area contributed by atoms with E-state index in [1.54, 1.807) is 23.2 Å². The second kappa shape index (κ2) is 9.92. The molecule has 0 unspecified atom stereocenters. The van der Waals surface area contributed by atoms with Crippen LogP contribution in [0.5, 0.6) is 5.75 Å². The molecule has 5 heterocycles. The van der Waals surface area contributed by atoms with Crippen molar-refractivity contribution >= 4 is 17.1 Å². The van der Waals surface area contributed by atoms with E-state index >= 15 is 0 Å². The van der Waals surface area contributed by atoms with Gasteiger partial charge in [-0.25, -0.2) is 14.2 Å². The minimum atomic E-state index is -0.562. The molecule has 9 nitrogen and oxygen atoms in total. The summed E-state index contributed by atoms with van der Waals surface area (Å²) in [5.74, 6) is 0.441. The van der Waals surface area contributed by atoms with Crippen molar-refractivity contribution in [1.29, 1.82) is 0 Å². The highest BCUT2D eigenvalue weighted by Crippen LogP contribution is 2.30. The molecule has 1 amide bonds. The van der Waals surface area contributed by atoms with Gasteiger partial charge in [0.05, 0.1) is 18.4 Å². The van der Waals surface area contributed by atoms with E-state index in [9.17, 15) is 14.0 Å². The maximum absolute atomic E-state index is 13.0. The lowest BCUT2D eigenvalue weighted by atomic mass is 10.1. The van der Waals surface area contributed by atoms with Crippen molar-refractivity contribution in [2.24, 2.45) is 7.05 Å². The number of hydrogen-bond acceptors (Lipinski definition) is 6. The predicted octanol–water partition coefficient (Wildman–Crippen LogP) is 4.52. The summed E-state index contributed by atoms with van der Waals surface area (Å²) in [5.41, 5.74) is 2.61. The Balaban J connectivity index is 1.40. The summed E-state index contributed by atoms with van der Waals surface area (Å²) in [6.45, 7) is 6.76. The lowest BCUT2D eigenvalue weighted by Gasteiger charge is -2.26. The molecule has 1 aliphatic rings. The molecule has 0 saturated carbocycles. The molecule has 0 fully saturated rings. The van der Waals surface area contributed by atoms with Crippen LogP contribution in [0.3, 0.4) is 0 Å². The zero-order valence-corrected chi connectivity index (χ0v) is 21.9. The molecule has 0 aliphatic carbocycles. The highest BCUT2D eigenvalue weighted by molar-refractivity contribution is 5.84. The molecule has 198 valence electrons. The summed E-state index contributed by atoms with van der Waals surface area (Å²) in [6.07, 6.45) is 4.04.